The lowest BCUT2D eigenvalue weighted by Gasteiger charge is -2.13. The highest BCUT2D eigenvalue weighted by molar-refractivity contribution is 9.10. The maximum absolute atomic E-state index is 10.9. The van der Waals surface area contributed by atoms with Crippen LogP contribution >= 0.6 is 15.9 Å². The van der Waals surface area contributed by atoms with E-state index in [1.54, 1.807) is 23.0 Å². The molecule has 1 atom stereocenters. The van der Waals surface area contributed by atoms with Crippen molar-refractivity contribution < 1.29 is 4.92 Å². The van der Waals surface area contributed by atoms with Crippen molar-refractivity contribution in [2.75, 3.05) is 5.32 Å². The largest absolute Gasteiger partial charge is 0.378 e. The Bertz CT molecular complexity index is 612. The summed E-state index contributed by atoms with van der Waals surface area (Å²) >= 11 is 3.16. The molecule has 7 heteroatoms. The van der Waals surface area contributed by atoms with E-state index >= 15 is 0 Å². The summed E-state index contributed by atoms with van der Waals surface area (Å²) < 4.78 is 2.19. The highest BCUT2D eigenvalue weighted by Crippen LogP contribution is 2.29. The number of nitro benzene ring substituents is 1. The number of aromatic nitrogens is 2. The van der Waals surface area contributed by atoms with Crippen molar-refractivity contribution in [2.45, 2.75) is 13.0 Å². The van der Waals surface area contributed by atoms with Crippen LogP contribution < -0.4 is 5.32 Å². The van der Waals surface area contributed by atoms with Gasteiger partial charge in [0.05, 0.1) is 21.6 Å². The van der Waals surface area contributed by atoms with Crippen molar-refractivity contribution in [3.63, 3.8) is 0 Å². The summed E-state index contributed by atoms with van der Waals surface area (Å²) in [6, 6.07) is 4.99. The summed E-state index contributed by atoms with van der Waals surface area (Å²) in [5, 5.41) is 18.2. The molecule has 0 spiro atoms. The van der Waals surface area contributed by atoms with E-state index in [1.165, 1.54) is 6.07 Å². The minimum atomic E-state index is -0.413. The number of hydrogen-bond donors (Lipinski definition) is 1. The van der Waals surface area contributed by atoms with Crippen LogP contribution in [0.5, 0.6) is 0 Å². The summed E-state index contributed by atoms with van der Waals surface area (Å²) in [5.74, 6) is 0. The first-order valence-electron chi connectivity index (χ1n) is 5.66. The fourth-order valence-electron chi connectivity index (χ4n) is 1.74. The van der Waals surface area contributed by atoms with E-state index in [1.807, 2.05) is 20.2 Å². The topological polar surface area (TPSA) is 73.0 Å². The molecular weight excluding hydrogens is 312 g/mol. The molecule has 0 saturated carbocycles. The monoisotopic (exact) mass is 324 g/mol. The minimum absolute atomic E-state index is 0.0227. The summed E-state index contributed by atoms with van der Waals surface area (Å²) in [6.45, 7) is 1.98. The van der Waals surface area contributed by atoms with E-state index in [4.69, 9.17) is 0 Å². The Morgan fingerprint density at radius 2 is 2.26 bits per heavy atom. The molecule has 0 fully saturated rings. The third-order valence-electron chi connectivity index (χ3n) is 2.75. The van der Waals surface area contributed by atoms with Gasteiger partial charge in [-0.1, -0.05) is 0 Å². The molecule has 2 rings (SSSR count). The van der Waals surface area contributed by atoms with Gasteiger partial charge in [-0.25, -0.2) is 0 Å². The van der Waals surface area contributed by atoms with Crippen LogP contribution in [-0.4, -0.2) is 14.7 Å². The zero-order chi connectivity index (χ0) is 14.0. The normalized spacial score (nSPS) is 12.2. The number of nitrogens with one attached hydrogen (secondary N) is 1. The fourth-order valence-corrected chi connectivity index (χ4v) is 2.13. The third-order valence-corrected chi connectivity index (χ3v) is 3.42. The van der Waals surface area contributed by atoms with E-state index in [0.717, 1.165) is 5.56 Å². The van der Waals surface area contributed by atoms with Crippen molar-refractivity contribution in [3.05, 3.63) is 50.7 Å². The molecular formula is C12H13BrN4O2. The number of nitrogens with zero attached hydrogens (tertiary/aromatic N) is 3. The lowest BCUT2D eigenvalue weighted by molar-refractivity contribution is -0.385. The zero-order valence-corrected chi connectivity index (χ0v) is 12.1. The third kappa shape index (κ3) is 3.11. The van der Waals surface area contributed by atoms with Crippen molar-refractivity contribution in [3.8, 4) is 0 Å². The number of anilines is 1. The van der Waals surface area contributed by atoms with Gasteiger partial charge in [0.2, 0.25) is 0 Å². The maximum Gasteiger partial charge on any atom is 0.285 e. The van der Waals surface area contributed by atoms with Crippen LogP contribution in [0.25, 0.3) is 0 Å². The molecule has 6 nitrogen and oxygen atoms in total. The van der Waals surface area contributed by atoms with Gasteiger partial charge in [-0.2, -0.15) is 5.10 Å². The number of hydrogen-bond acceptors (Lipinski definition) is 4. The molecule has 19 heavy (non-hydrogen) atoms. The van der Waals surface area contributed by atoms with Gasteiger partial charge in [-0.15, -0.1) is 0 Å². The SMILES string of the molecule is CC(Nc1ccc(Br)c([N+](=O)[O-])c1)c1cnn(C)c1. The highest BCUT2D eigenvalue weighted by atomic mass is 79.9. The second-order valence-electron chi connectivity index (χ2n) is 4.24. The highest BCUT2D eigenvalue weighted by Gasteiger charge is 2.14. The van der Waals surface area contributed by atoms with Crippen molar-refractivity contribution in [1.82, 2.24) is 9.78 Å². The average Bonchev–Trinajstić information content (AvgIpc) is 2.78. The molecule has 0 amide bonds. The molecule has 2 aromatic rings. The van der Waals surface area contributed by atoms with Gasteiger partial charge < -0.3 is 5.32 Å². The van der Waals surface area contributed by atoms with Gasteiger partial charge in [0.25, 0.3) is 5.69 Å². The van der Waals surface area contributed by atoms with E-state index in [0.29, 0.717) is 10.2 Å². The molecule has 1 N–H and O–H groups in total. The van der Waals surface area contributed by atoms with Gasteiger partial charge in [0.1, 0.15) is 0 Å². The minimum Gasteiger partial charge on any atom is -0.378 e. The molecule has 100 valence electrons. The van der Waals surface area contributed by atoms with E-state index in [-0.39, 0.29) is 11.7 Å². The first-order valence-corrected chi connectivity index (χ1v) is 6.45. The van der Waals surface area contributed by atoms with Crippen LogP contribution in [0.15, 0.2) is 35.1 Å². The number of rotatable bonds is 4. The predicted octanol–water partition coefficient (Wildman–Crippen LogP) is 3.26. The second-order valence-corrected chi connectivity index (χ2v) is 5.09. The van der Waals surface area contributed by atoms with Crippen LogP contribution in [0.4, 0.5) is 11.4 Å². The average molecular weight is 325 g/mol. The molecule has 0 aliphatic heterocycles. The Hall–Kier alpha value is -1.89. The first-order chi connectivity index (χ1) is 8.97. The lowest BCUT2D eigenvalue weighted by atomic mass is 10.2. The first kappa shape index (κ1) is 13.5. The molecule has 0 aliphatic rings. The molecule has 0 radical (unpaired) electrons. The Balaban J connectivity index is 2.19. The van der Waals surface area contributed by atoms with Gasteiger partial charge in [-0.05, 0) is 35.0 Å². The summed E-state index contributed by atoms with van der Waals surface area (Å²) in [5.41, 5.74) is 1.77. The second kappa shape index (κ2) is 5.40. The van der Waals surface area contributed by atoms with Crippen molar-refractivity contribution >= 4 is 27.3 Å². The van der Waals surface area contributed by atoms with Crippen LogP contribution in [0.2, 0.25) is 0 Å². The predicted molar refractivity (Wildman–Crippen MR) is 76.0 cm³/mol. The number of halogens is 1. The Kier molecular flexibility index (Phi) is 3.84. The molecule has 1 aromatic carbocycles. The number of aryl methyl sites for hydroxylation is 1. The molecule has 0 aliphatic carbocycles. The molecule has 1 aromatic heterocycles. The number of benzene rings is 1. The van der Waals surface area contributed by atoms with Gasteiger partial charge in [-0.3, -0.25) is 14.8 Å². The summed E-state index contributed by atoms with van der Waals surface area (Å²) in [7, 11) is 1.85. The number of nitro groups is 1. The molecule has 0 bridgehead atoms. The standard InChI is InChI=1S/C12H13BrN4O2/c1-8(9-6-14-16(2)7-9)15-10-3-4-11(13)12(5-10)17(18)19/h3-8,15H,1-2H3. The van der Waals surface area contributed by atoms with E-state index < -0.39 is 4.92 Å². The Labute approximate surface area is 118 Å². The zero-order valence-electron chi connectivity index (χ0n) is 10.5. The van der Waals surface area contributed by atoms with Gasteiger partial charge >= 0.3 is 0 Å². The lowest BCUT2D eigenvalue weighted by Crippen LogP contribution is -2.06. The quantitative estimate of drug-likeness (QED) is 0.692. The summed E-state index contributed by atoms with van der Waals surface area (Å²) in [6.07, 6.45) is 3.68. The fraction of sp³-hybridized carbons (Fsp3) is 0.250. The maximum atomic E-state index is 10.9. The van der Waals surface area contributed by atoms with Gasteiger partial charge in [0, 0.05) is 30.6 Å². The van der Waals surface area contributed by atoms with Crippen LogP contribution in [0.1, 0.15) is 18.5 Å². The van der Waals surface area contributed by atoms with Crippen LogP contribution in [0, 0.1) is 10.1 Å². The Morgan fingerprint density at radius 1 is 1.53 bits per heavy atom. The smallest absolute Gasteiger partial charge is 0.285 e. The molecule has 0 saturated heterocycles. The van der Waals surface area contributed by atoms with E-state index in [9.17, 15) is 10.1 Å². The van der Waals surface area contributed by atoms with Crippen molar-refractivity contribution in [1.29, 1.82) is 0 Å². The van der Waals surface area contributed by atoms with E-state index in [2.05, 4.69) is 26.3 Å². The van der Waals surface area contributed by atoms with Crippen LogP contribution in [-0.2, 0) is 7.05 Å². The van der Waals surface area contributed by atoms with Crippen LogP contribution in [0.3, 0.4) is 0 Å². The summed E-state index contributed by atoms with van der Waals surface area (Å²) in [4.78, 5) is 10.5. The van der Waals surface area contributed by atoms with Gasteiger partial charge in [0.15, 0.2) is 0 Å². The molecule has 1 heterocycles. The molecule has 1 unspecified atom stereocenters. The van der Waals surface area contributed by atoms with Crippen molar-refractivity contribution in [2.24, 2.45) is 7.05 Å². The Morgan fingerprint density at radius 3 is 2.84 bits per heavy atom.